The minimum atomic E-state index is -0.370. The number of benzene rings is 3. The van der Waals surface area contributed by atoms with Gasteiger partial charge >= 0.3 is 0 Å². The first-order chi connectivity index (χ1) is 16.4. The monoisotopic (exact) mass is 446 g/mol. The molecule has 5 aromatic rings. The van der Waals surface area contributed by atoms with Crippen LogP contribution in [-0.2, 0) is 7.05 Å². The SMILES string of the molecule is CC(=O)n1c(C=C2C(=O)c3cc4ccccc4cc3C2=O)nc2c1nc(-c1ccccc1)n2C. The zero-order valence-electron chi connectivity index (χ0n) is 18.4. The fraction of sp³-hybridized carbons (Fsp3) is 0.0741. The van der Waals surface area contributed by atoms with Crippen LogP contribution in [0.25, 0.3) is 39.5 Å². The molecule has 1 aliphatic carbocycles. The smallest absolute Gasteiger partial charge is 0.230 e. The predicted octanol–water partition coefficient (Wildman–Crippen LogP) is 4.71. The number of aryl methyl sites for hydroxylation is 1. The Kier molecular flexibility index (Phi) is 4.22. The van der Waals surface area contributed by atoms with Gasteiger partial charge in [0.1, 0.15) is 11.6 Å². The summed E-state index contributed by atoms with van der Waals surface area (Å²) < 4.78 is 3.14. The molecule has 0 atom stereocenters. The van der Waals surface area contributed by atoms with Crippen LogP contribution in [0.15, 0.2) is 72.3 Å². The lowest BCUT2D eigenvalue weighted by molar-refractivity contribution is 0.0935. The molecule has 6 rings (SSSR count). The second kappa shape index (κ2) is 7.18. The van der Waals surface area contributed by atoms with Gasteiger partial charge in [0.2, 0.25) is 5.91 Å². The van der Waals surface area contributed by atoms with Crippen molar-refractivity contribution in [3.05, 3.63) is 89.3 Å². The lowest BCUT2D eigenvalue weighted by Gasteiger charge is -2.02. The van der Waals surface area contributed by atoms with Crippen molar-refractivity contribution >= 4 is 45.6 Å². The molecule has 3 aromatic carbocycles. The average molecular weight is 446 g/mol. The maximum atomic E-state index is 13.2. The topological polar surface area (TPSA) is 86.8 Å². The Bertz CT molecular complexity index is 1670. The number of imidazole rings is 2. The van der Waals surface area contributed by atoms with Crippen LogP contribution < -0.4 is 0 Å². The summed E-state index contributed by atoms with van der Waals surface area (Å²) in [5.41, 5.74) is 2.48. The lowest BCUT2D eigenvalue weighted by Crippen LogP contribution is -2.10. The second-order valence-corrected chi connectivity index (χ2v) is 8.29. The van der Waals surface area contributed by atoms with Crippen LogP contribution in [0.4, 0.5) is 0 Å². The van der Waals surface area contributed by atoms with Gasteiger partial charge in [-0.2, -0.15) is 0 Å². The maximum absolute atomic E-state index is 13.2. The highest BCUT2D eigenvalue weighted by Crippen LogP contribution is 2.32. The van der Waals surface area contributed by atoms with Crippen molar-refractivity contribution in [2.75, 3.05) is 0 Å². The summed E-state index contributed by atoms with van der Waals surface area (Å²) in [6.45, 7) is 1.40. The number of carbonyl (C=O) groups excluding carboxylic acids is 3. The van der Waals surface area contributed by atoms with E-state index in [1.54, 1.807) is 16.7 Å². The largest absolute Gasteiger partial charge is 0.310 e. The third-order valence-corrected chi connectivity index (χ3v) is 6.19. The molecule has 7 heteroatoms. The van der Waals surface area contributed by atoms with E-state index in [2.05, 4.69) is 9.97 Å². The molecule has 0 aliphatic heterocycles. The van der Waals surface area contributed by atoms with Crippen LogP contribution in [-0.4, -0.2) is 36.6 Å². The molecule has 0 amide bonds. The number of carbonyl (C=O) groups is 3. The molecule has 7 nitrogen and oxygen atoms in total. The van der Waals surface area contributed by atoms with Crippen molar-refractivity contribution < 1.29 is 14.4 Å². The van der Waals surface area contributed by atoms with Gasteiger partial charge in [-0.15, -0.1) is 0 Å². The van der Waals surface area contributed by atoms with Gasteiger partial charge < -0.3 is 4.57 Å². The van der Waals surface area contributed by atoms with Gasteiger partial charge in [0.25, 0.3) is 0 Å². The summed E-state index contributed by atoms with van der Waals surface area (Å²) in [5.74, 6) is -0.182. The summed E-state index contributed by atoms with van der Waals surface area (Å²) >= 11 is 0. The summed E-state index contributed by atoms with van der Waals surface area (Å²) in [6, 6.07) is 20.7. The van der Waals surface area contributed by atoms with Gasteiger partial charge in [0.15, 0.2) is 22.9 Å². The number of Topliss-reactive ketones (excluding diaryl/α,β-unsaturated/α-hetero) is 2. The van der Waals surface area contributed by atoms with Crippen molar-refractivity contribution in [2.45, 2.75) is 6.92 Å². The molecule has 0 radical (unpaired) electrons. The first kappa shape index (κ1) is 20.0. The highest BCUT2D eigenvalue weighted by molar-refractivity contribution is 6.42. The Hall–Kier alpha value is -4.65. The van der Waals surface area contributed by atoms with Crippen LogP contribution >= 0.6 is 0 Å². The van der Waals surface area contributed by atoms with Crippen LogP contribution in [0, 0.1) is 0 Å². The van der Waals surface area contributed by atoms with Gasteiger partial charge in [-0.05, 0) is 29.0 Å². The third kappa shape index (κ3) is 2.80. The van der Waals surface area contributed by atoms with Crippen molar-refractivity contribution in [3.8, 4) is 11.4 Å². The van der Waals surface area contributed by atoms with E-state index in [0.717, 1.165) is 16.3 Å². The van der Waals surface area contributed by atoms with Crippen LogP contribution in [0.3, 0.4) is 0 Å². The summed E-state index contributed by atoms with van der Waals surface area (Å²) in [4.78, 5) is 48.2. The van der Waals surface area contributed by atoms with Crippen molar-refractivity contribution in [3.63, 3.8) is 0 Å². The number of aromatic nitrogens is 4. The highest BCUT2D eigenvalue weighted by Gasteiger charge is 2.34. The molecule has 0 spiro atoms. The summed E-state index contributed by atoms with van der Waals surface area (Å²) in [7, 11) is 1.82. The fourth-order valence-electron chi connectivity index (χ4n) is 4.54. The zero-order valence-corrected chi connectivity index (χ0v) is 18.4. The molecule has 0 saturated carbocycles. The molecule has 1 aliphatic rings. The fourth-order valence-corrected chi connectivity index (χ4v) is 4.54. The van der Waals surface area contributed by atoms with Crippen LogP contribution in [0.5, 0.6) is 0 Å². The van der Waals surface area contributed by atoms with Gasteiger partial charge in [0.05, 0.1) is 5.57 Å². The zero-order chi connectivity index (χ0) is 23.6. The molecule has 164 valence electrons. The molecule has 0 N–H and O–H groups in total. The van der Waals surface area contributed by atoms with Gasteiger partial charge in [-0.1, -0.05) is 54.6 Å². The minimum Gasteiger partial charge on any atom is -0.310 e. The van der Waals surface area contributed by atoms with Crippen LogP contribution in [0.2, 0.25) is 0 Å². The van der Waals surface area contributed by atoms with E-state index in [9.17, 15) is 14.4 Å². The number of rotatable bonds is 2. The van der Waals surface area contributed by atoms with Crippen molar-refractivity contribution in [2.24, 2.45) is 7.05 Å². The Morgan fingerprint density at radius 2 is 1.41 bits per heavy atom. The number of allylic oxidation sites excluding steroid dienone is 1. The highest BCUT2D eigenvalue weighted by atomic mass is 16.2. The van der Waals surface area contributed by atoms with Crippen LogP contribution in [0.1, 0.15) is 38.3 Å². The number of fused-ring (bicyclic) bond motifs is 3. The molecular weight excluding hydrogens is 428 g/mol. The van der Waals surface area contributed by atoms with Gasteiger partial charge in [-0.25, -0.2) is 14.5 Å². The average Bonchev–Trinajstić information content (AvgIpc) is 3.44. The van der Waals surface area contributed by atoms with E-state index in [1.165, 1.54) is 17.6 Å². The molecule has 0 fully saturated rings. The molecule has 0 unspecified atom stereocenters. The third-order valence-electron chi connectivity index (χ3n) is 6.19. The van der Waals surface area contributed by atoms with Gasteiger partial charge in [-0.3, -0.25) is 14.4 Å². The van der Waals surface area contributed by atoms with Crippen molar-refractivity contribution in [1.82, 2.24) is 19.1 Å². The molecular formula is C27H18N4O3. The predicted molar refractivity (Wildman–Crippen MR) is 129 cm³/mol. The molecule has 34 heavy (non-hydrogen) atoms. The molecule has 2 heterocycles. The first-order valence-electron chi connectivity index (χ1n) is 10.8. The minimum absolute atomic E-state index is 0.00797. The van der Waals surface area contributed by atoms with E-state index in [0.29, 0.717) is 28.2 Å². The number of hydrogen-bond donors (Lipinski definition) is 0. The quantitative estimate of drug-likeness (QED) is 0.289. The van der Waals surface area contributed by atoms with E-state index in [-0.39, 0.29) is 28.9 Å². The normalized spacial score (nSPS) is 13.2. The van der Waals surface area contributed by atoms with E-state index < -0.39 is 0 Å². The lowest BCUT2D eigenvalue weighted by atomic mass is 10.0. The van der Waals surface area contributed by atoms with Crippen molar-refractivity contribution in [1.29, 1.82) is 0 Å². The first-order valence-corrected chi connectivity index (χ1v) is 10.8. The van der Waals surface area contributed by atoms with Gasteiger partial charge in [0, 0.05) is 30.7 Å². The number of nitrogens with zero attached hydrogens (tertiary/aromatic N) is 4. The Morgan fingerprint density at radius 1 is 0.824 bits per heavy atom. The molecule has 2 aromatic heterocycles. The Balaban J connectivity index is 1.51. The Morgan fingerprint density at radius 3 is 2.00 bits per heavy atom. The Labute approximate surface area is 194 Å². The van der Waals surface area contributed by atoms with E-state index >= 15 is 0 Å². The van der Waals surface area contributed by atoms with E-state index in [1.807, 2.05) is 61.6 Å². The second-order valence-electron chi connectivity index (χ2n) is 8.29. The number of hydrogen-bond acceptors (Lipinski definition) is 5. The number of ketones is 2. The summed E-state index contributed by atoms with van der Waals surface area (Å²) in [5, 5.41) is 1.77. The van der Waals surface area contributed by atoms with E-state index in [4.69, 9.17) is 0 Å². The maximum Gasteiger partial charge on any atom is 0.230 e. The standard InChI is InChI=1S/C27H18N4O3/c1-15(32)31-22(28-26-27(31)29-25(30(26)2)16-8-4-3-5-9-16)14-21-23(33)19-12-17-10-6-7-11-18(17)13-20(19)24(21)34/h3-14H,1-2H3. The molecule has 0 bridgehead atoms. The summed E-state index contributed by atoms with van der Waals surface area (Å²) in [6.07, 6.45) is 1.40. The molecule has 0 saturated heterocycles.